The first-order valence-electron chi connectivity index (χ1n) is 7.95. The fraction of sp³-hybridized carbons (Fsp3) is 0.0526. The van der Waals surface area contributed by atoms with Crippen LogP contribution in [0.4, 0.5) is 5.69 Å². The lowest BCUT2D eigenvalue weighted by atomic mass is 10.2. The van der Waals surface area contributed by atoms with Crippen LogP contribution in [0.2, 0.25) is 0 Å². The Morgan fingerprint density at radius 3 is 2.81 bits per heavy atom. The third-order valence-corrected chi connectivity index (χ3v) is 5.00. The molecule has 3 aromatic heterocycles. The molecular formula is C19H15N3O3S. The molecule has 1 aromatic carbocycles. The highest BCUT2D eigenvalue weighted by Crippen LogP contribution is 2.27. The van der Waals surface area contributed by atoms with Crippen LogP contribution < -0.4 is 10.8 Å². The highest BCUT2D eigenvalue weighted by Gasteiger charge is 2.10. The standard InChI is InChI=1S/C19H15N3O3S/c23-19(22-24)18-8-7-17(26-18)15-6-5-13(10-21-15)20-11-14-9-12-3-1-2-4-16(12)25-14/h1-10,20,24H,11H2,(H,22,23). The lowest BCUT2D eigenvalue weighted by Gasteiger charge is -2.04. The summed E-state index contributed by atoms with van der Waals surface area (Å²) in [6.45, 7) is 0.565. The number of carbonyl (C=O) groups excluding carboxylic acids is 1. The van der Waals surface area contributed by atoms with Gasteiger partial charge in [-0.25, -0.2) is 5.48 Å². The van der Waals surface area contributed by atoms with Gasteiger partial charge in [-0.2, -0.15) is 0 Å². The molecule has 3 N–H and O–H groups in total. The summed E-state index contributed by atoms with van der Waals surface area (Å²) in [5.41, 5.74) is 4.14. The van der Waals surface area contributed by atoms with Gasteiger partial charge in [-0.05, 0) is 36.4 Å². The molecule has 4 aromatic rings. The second-order valence-electron chi connectivity index (χ2n) is 5.64. The maximum Gasteiger partial charge on any atom is 0.284 e. The second-order valence-corrected chi connectivity index (χ2v) is 6.72. The highest BCUT2D eigenvalue weighted by molar-refractivity contribution is 7.17. The molecule has 0 fully saturated rings. The molecule has 130 valence electrons. The number of carbonyl (C=O) groups is 1. The van der Waals surface area contributed by atoms with Crippen LogP contribution in [0, 0.1) is 0 Å². The predicted molar refractivity (Wildman–Crippen MR) is 100 cm³/mol. The van der Waals surface area contributed by atoms with Crippen molar-refractivity contribution in [2.45, 2.75) is 6.54 Å². The molecule has 0 aliphatic rings. The van der Waals surface area contributed by atoms with E-state index in [2.05, 4.69) is 10.3 Å². The van der Waals surface area contributed by atoms with E-state index in [0.29, 0.717) is 11.4 Å². The second kappa shape index (κ2) is 6.99. The minimum Gasteiger partial charge on any atom is -0.459 e. The molecule has 0 atom stereocenters. The normalized spacial score (nSPS) is 10.8. The van der Waals surface area contributed by atoms with E-state index in [1.165, 1.54) is 11.3 Å². The summed E-state index contributed by atoms with van der Waals surface area (Å²) in [7, 11) is 0. The van der Waals surface area contributed by atoms with Crippen LogP contribution in [0.5, 0.6) is 0 Å². The van der Waals surface area contributed by atoms with Crippen molar-refractivity contribution < 1.29 is 14.4 Å². The van der Waals surface area contributed by atoms with Crippen LogP contribution in [0.3, 0.4) is 0 Å². The van der Waals surface area contributed by atoms with Crippen molar-refractivity contribution in [2.24, 2.45) is 0 Å². The summed E-state index contributed by atoms with van der Waals surface area (Å²) in [6.07, 6.45) is 1.74. The Balaban J connectivity index is 1.44. The number of furan rings is 1. The molecule has 3 heterocycles. The molecule has 1 amide bonds. The number of nitrogens with one attached hydrogen (secondary N) is 2. The predicted octanol–water partition coefficient (Wildman–Crippen LogP) is 4.29. The third-order valence-electron chi connectivity index (χ3n) is 3.89. The number of amides is 1. The molecule has 0 aliphatic heterocycles. The van der Waals surface area contributed by atoms with Gasteiger partial charge in [0, 0.05) is 5.39 Å². The van der Waals surface area contributed by atoms with Crippen molar-refractivity contribution in [2.75, 3.05) is 5.32 Å². The fourth-order valence-electron chi connectivity index (χ4n) is 2.61. The molecule has 0 unspecified atom stereocenters. The molecule has 0 radical (unpaired) electrons. The largest absolute Gasteiger partial charge is 0.459 e. The van der Waals surface area contributed by atoms with E-state index in [0.717, 1.165) is 33.0 Å². The first-order valence-corrected chi connectivity index (χ1v) is 8.76. The zero-order chi connectivity index (χ0) is 17.9. The number of hydrogen-bond acceptors (Lipinski definition) is 6. The zero-order valence-corrected chi connectivity index (χ0v) is 14.4. The lowest BCUT2D eigenvalue weighted by Crippen LogP contribution is -2.16. The van der Waals surface area contributed by atoms with Gasteiger partial charge < -0.3 is 9.73 Å². The summed E-state index contributed by atoms with van der Waals surface area (Å²) < 4.78 is 5.78. The van der Waals surface area contributed by atoms with Crippen LogP contribution >= 0.6 is 11.3 Å². The summed E-state index contributed by atoms with van der Waals surface area (Å²) in [4.78, 5) is 17.1. The minimum absolute atomic E-state index is 0.427. The van der Waals surface area contributed by atoms with E-state index >= 15 is 0 Å². The van der Waals surface area contributed by atoms with E-state index in [9.17, 15) is 4.79 Å². The number of hydroxylamine groups is 1. The Morgan fingerprint density at radius 2 is 2.04 bits per heavy atom. The smallest absolute Gasteiger partial charge is 0.284 e. The number of thiophene rings is 1. The minimum atomic E-state index is -0.523. The van der Waals surface area contributed by atoms with Gasteiger partial charge in [-0.3, -0.25) is 15.0 Å². The van der Waals surface area contributed by atoms with Crippen molar-refractivity contribution in [3.63, 3.8) is 0 Å². The molecule has 0 bridgehead atoms. The maximum absolute atomic E-state index is 11.4. The van der Waals surface area contributed by atoms with Gasteiger partial charge in [0.1, 0.15) is 11.3 Å². The van der Waals surface area contributed by atoms with Crippen molar-refractivity contribution >= 4 is 33.9 Å². The highest BCUT2D eigenvalue weighted by atomic mass is 32.1. The monoisotopic (exact) mass is 365 g/mol. The van der Waals surface area contributed by atoms with Crippen LogP contribution in [0.15, 0.2) is 65.2 Å². The van der Waals surface area contributed by atoms with E-state index in [-0.39, 0.29) is 0 Å². The molecule has 4 rings (SSSR count). The molecule has 6 nitrogen and oxygen atoms in total. The molecular weight excluding hydrogens is 350 g/mol. The Hall–Kier alpha value is -3.16. The van der Waals surface area contributed by atoms with Crippen LogP contribution in [0.1, 0.15) is 15.4 Å². The molecule has 0 aliphatic carbocycles. The van der Waals surface area contributed by atoms with Gasteiger partial charge in [0.25, 0.3) is 5.91 Å². The van der Waals surface area contributed by atoms with Crippen LogP contribution in [0.25, 0.3) is 21.5 Å². The summed E-state index contributed by atoms with van der Waals surface area (Å²) in [5, 5.41) is 13.0. The van der Waals surface area contributed by atoms with Crippen molar-refractivity contribution in [1.29, 1.82) is 0 Å². The van der Waals surface area contributed by atoms with Crippen molar-refractivity contribution in [1.82, 2.24) is 10.5 Å². The quantitative estimate of drug-likeness (QED) is 0.363. The van der Waals surface area contributed by atoms with Crippen molar-refractivity contribution in [3.8, 4) is 10.6 Å². The number of aromatic nitrogens is 1. The fourth-order valence-corrected chi connectivity index (χ4v) is 3.48. The van der Waals surface area contributed by atoms with E-state index < -0.39 is 5.91 Å². The van der Waals surface area contributed by atoms with E-state index in [1.54, 1.807) is 23.8 Å². The topological polar surface area (TPSA) is 87.4 Å². The first-order chi connectivity index (χ1) is 12.7. The number of nitrogens with zero attached hydrogens (tertiary/aromatic N) is 1. The molecule has 7 heteroatoms. The SMILES string of the molecule is O=C(NO)c1ccc(-c2ccc(NCc3cc4ccccc4o3)cn2)s1. The summed E-state index contributed by atoms with van der Waals surface area (Å²) in [5.74, 6) is 0.332. The average molecular weight is 365 g/mol. The Bertz CT molecular complexity index is 1020. The Morgan fingerprint density at radius 1 is 1.15 bits per heavy atom. The third kappa shape index (κ3) is 3.30. The number of fused-ring (bicyclic) bond motifs is 1. The summed E-state index contributed by atoms with van der Waals surface area (Å²) >= 11 is 1.27. The van der Waals surface area contributed by atoms with Crippen molar-refractivity contribution in [3.05, 3.63) is 71.4 Å². The Labute approximate surface area is 153 Å². The van der Waals surface area contributed by atoms with Gasteiger partial charge in [-0.1, -0.05) is 18.2 Å². The molecule has 26 heavy (non-hydrogen) atoms. The number of rotatable bonds is 5. The van der Waals surface area contributed by atoms with Gasteiger partial charge >= 0.3 is 0 Å². The Kier molecular flexibility index (Phi) is 4.39. The lowest BCUT2D eigenvalue weighted by molar-refractivity contribution is 0.0711. The van der Waals surface area contributed by atoms with E-state index in [1.807, 2.05) is 42.5 Å². The number of benzene rings is 1. The van der Waals surface area contributed by atoms with Gasteiger partial charge in [-0.15, -0.1) is 11.3 Å². The van der Waals surface area contributed by atoms with Gasteiger partial charge in [0.2, 0.25) is 0 Å². The van der Waals surface area contributed by atoms with Crippen LogP contribution in [-0.4, -0.2) is 16.1 Å². The number of para-hydroxylation sites is 1. The number of hydrogen-bond donors (Lipinski definition) is 3. The zero-order valence-electron chi connectivity index (χ0n) is 13.6. The number of anilines is 1. The van der Waals surface area contributed by atoms with Crippen LogP contribution in [-0.2, 0) is 6.54 Å². The summed E-state index contributed by atoms with van der Waals surface area (Å²) in [6, 6.07) is 17.2. The molecule has 0 saturated heterocycles. The van der Waals surface area contributed by atoms with Gasteiger partial charge in [0.15, 0.2) is 0 Å². The van der Waals surface area contributed by atoms with Gasteiger partial charge in [0.05, 0.1) is 33.9 Å². The maximum atomic E-state index is 11.4. The average Bonchev–Trinajstić information content (AvgIpc) is 3.33. The molecule has 0 spiro atoms. The first kappa shape index (κ1) is 16.3. The van der Waals surface area contributed by atoms with E-state index in [4.69, 9.17) is 9.62 Å². The number of pyridine rings is 1. The molecule has 0 saturated carbocycles.